The van der Waals surface area contributed by atoms with Gasteiger partial charge in [0.2, 0.25) is 10.0 Å². The van der Waals surface area contributed by atoms with E-state index in [1.165, 1.54) is 0 Å². The molecule has 30 heavy (non-hydrogen) atoms. The number of hydrogen-bond acceptors (Lipinski definition) is 5. The van der Waals surface area contributed by atoms with Crippen molar-refractivity contribution in [1.29, 1.82) is 0 Å². The van der Waals surface area contributed by atoms with E-state index in [1.807, 2.05) is 73.6 Å². The summed E-state index contributed by atoms with van der Waals surface area (Å²) in [5.41, 5.74) is 0.554. The topological polar surface area (TPSA) is 78.9 Å². The van der Waals surface area contributed by atoms with Gasteiger partial charge < -0.3 is 14.7 Å². The number of nitrogens with zero attached hydrogens (tertiary/aromatic N) is 1. The van der Waals surface area contributed by atoms with Crippen LogP contribution in [0.2, 0.25) is 0 Å². The van der Waals surface area contributed by atoms with Crippen molar-refractivity contribution in [1.82, 2.24) is 9.62 Å². The molecule has 6 nitrogen and oxygen atoms in total. The molecule has 3 rings (SSSR count). The molecule has 0 saturated heterocycles. The molecular formula is C23H32N2O4S. The van der Waals surface area contributed by atoms with Crippen molar-refractivity contribution >= 4 is 10.0 Å². The number of nitrogens with one attached hydrogen (secondary N) is 1. The van der Waals surface area contributed by atoms with Crippen molar-refractivity contribution in [2.75, 3.05) is 27.7 Å². The van der Waals surface area contributed by atoms with Gasteiger partial charge >= 0.3 is 0 Å². The van der Waals surface area contributed by atoms with Gasteiger partial charge in [0.15, 0.2) is 0 Å². The Hall–Kier alpha value is -1.93. The predicted octanol–water partition coefficient (Wildman–Crippen LogP) is 2.73. The highest BCUT2D eigenvalue weighted by Gasteiger charge is 2.44. The van der Waals surface area contributed by atoms with Crippen LogP contribution in [0.5, 0.6) is 5.75 Å². The molecule has 0 aromatic heterocycles. The Morgan fingerprint density at radius 1 is 1.17 bits per heavy atom. The fraction of sp³-hybridized carbons (Fsp3) is 0.478. The molecule has 2 aromatic rings. The summed E-state index contributed by atoms with van der Waals surface area (Å²) in [6, 6.07) is 16.5. The zero-order valence-electron chi connectivity index (χ0n) is 17.9. The Morgan fingerprint density at radius 2 is 1.90 bits per heavy atom. The lowest BCUT2D eigenvalue weighted by Gasteiger charge is -2.44. The molecule has 0 spiro atoms. The van der Waals surface area contributed by atoms with Gasteiger partial charge in [0, 0.05) is 18.5 Å². The molecule has 164 valence electrons. The normalized spacial score (nSPS) is 24.7. The van der Waals surface area contributed by atoms with E-state index in [2.05, 4.69) is 4.72 Å². The first kappa shape index (κ1) is 22.7. The van der Waals surface area contributed by atoms with Crippen molar-refractivity contribution in [3.8, 4) is 5.75 Å². The third-order valence-corrected chi connectivity index (χ3v) is 7.23. The van der Waals surface area contributed by atoms with Crippen LogP contribution in [-0.2, 0) is 21.4 Å². The Bertz CT molecular complexity index is 933. The lowest BCUT2D eigenvalue weighted by molar-refractivity contribution is -0.0675. The summed E-state index contributed by atoms with van der Waals surface area (Å²) in [6.45, 7) is 0.657. The van der Waals surface area contributed by atoms with E-state index >= 15 is 0 Å². The number of hydrogen-bond donors (Lipinski definition) is 2. The molecule has 0 radical (unpaired) electrons. The lowest BCUT2D eigenvalue weighted by atomic mass is 9.69. The molecule has 1 saturated carbocycles. The van der Waals surface area contributed by atoms with Crippen molar-refractivity contribution in [2.45, 2.75) is 36.7 Å². The SMILES string of the molecule is COc1cccc(C2(O)CCC(NS(=O)(=O)Cc3ccccc3)CC2CN(C)C)c1. The monoisotopic (exact) mass is 432 g/mol. The van der Waals surface area contributed by atoms with E-state index in [0.29, 0.717) is 31.6 Å². The van der Waals surface area contributed by atoms with E-state index in [4.69, 9.17) is 4.74 Å². The van der Waals surface area contributed by atoms with Gasteiger partial charge in [-0.25, -0.2) is 13.1 Å². The first-order chi connectivity index (χ1) is 14.2. The molecule has 3 unspecified atom stereocenters. The van der Waals surface area contributed by atoms with Gasteiger partial charge in [-0.1, -0.05) is 42.5 Å². The van der Waals surface area contributed by atoms with E-state index < -0.39 is 15.6 Å². The van der Waals surface area contributed by atoms with Crippen LogP contribution in [0.4, 0.5) is 0 Å². The fourth-order valence-electron chi connectivity index (χ4n) is 4.39. The Morgan fingerprint density at radius 3 is 2.57 bits per heavy atom. The summed E-state index contributed by atoms with van der Waals surface area (Å²) in [7, 11) is 2.08. The molecule has 2 aromatic carbocycles. The quantitative estimate of drug-likeness (QED) is 0.671. The second kappa shape index (κ2) is 9.47. The van der Waals surface area contributed by atoms with E-state index in [1.54, 1.807) is 7.11 Å². The van der Waals surface area contributed by atoms with Crippen molar-refractivity contribution in [2.24, 2.45) is 5.92 Å². The minimum atomic E-state index is -3.46. The number of rotatable bonds is 8. The molecule has 0 heterocycles. The third-order valence-electron chi connectivity index (χ3n) is 5.82. The highest BCUT2D eigenvalue weighted by atomic mass is 32.2. The van der Waals surface area contributed by atoms with Crippen LogP contribution in [0.15, 0.2) is 54.6 Å². The number of benzene rings is 2. The van der Waals surface area contributed by atoms with Crippen LogP contribution in [0, 0.1) is 5.92 Å². The zero-order valence-corrected chi connectivity index (χ0v) is 18.7. The second-order valence-electron chi connectivity index (χ2n) is 8.45. The smallest absolute Gasteiger partial charge is 0.216 e. The highest BCUT2D eigenvalue weighted by molar-refractivity contribution is 7.88. The average molecular weight is 433 g/mol. The highest BCUT2D eigenvalue weighted by Crippen LogP contribution is 2.43. The molecule has 1 aliphatic rings. The first-order valence-electron chi connectivity index (χ1n) is 10.3. The maximum absolute atomic E-state index is 12.7. The van der Waals surface area contributed by atoms with E-state index in [-0.39, 0.29) is 17.7 Å². The van der Waals surface area contributed by atoms with E-state index in [9.17, 15) is 13.5 Å². The van der Waals surface area contributed by atoms with Gasteiger partial charge in [-0.05, 0) is 56.6 Å². The van der Waals surface area contributed by atoms with Crippen LogP contribution < -0.4 is 9.46 Å². The molecule has 0 bridgehead atoms. The zero-order chi connectivity index (χ0) is 21.8. The number of methoxy groups -OCH3 is 1. The van der Waals surface area contributed by atoms with Crippen LogP contribution in [0.25, 0.3) is 0 Å². The Labute approximate surface area is 179 Å². The molecule has 1 aliphatic carbocycles. The average Bonchev–Trinajstić information content (AvgIpc) is 2.70. The summed E-state index contributed by atoms with van der Waals surface area (Å²) >= 11 is 0. The Kier molecular flexibility index (Phi) is 7.18. The van der Waals surface area contributed by atoms with Gasteiger partial charge in [-0.3, -0.25) is 0 Å². The predicted molar refractivity (Wildman–Crippen MR) is 119 cm³/mol. The van der Waals surface area contributed by atoms with Gasteiger partial charge in [0.05, 0.1) is 18.5 Å². The molecular weight excluding hydrogens is 400 g/mol. The first-order valence-corrected chi connectivity index (χ1v) is 11.9. The van der Waals surface area contributed by atoms with Crippen molar-refractivity contribution in [3.05, 3.63) is 65.7 Å². The summed E-state index contributed by atoms with van der Waals surface area (Å²) in [6.07, 6.45) is 1.63. The molecule has 1 fully saturated rings. The summed E-state index contributed by atoms with van der Waals surface area (Å²) < 4.78 is 33.6. The molecule has 0 aliphatic heterocycles. The lowest BCUT2D eigenvalue weighted by Crippen LogP contribution is -2.50. The maximum Gasteiger partial charge on any atom is 0.216 e. The molecule has 3 atom stereocenters. The van der Waals surface area contributed by atoms with Crippen molar-refractivity contribution < 1.29 is 18.3 Å². The standard InChI is InChI=1S/C23H32N2O4S/c1-25(2)16-20-14-21(24-30(27,28)17-18-8-5-4-6-9-18)12-13-23(20,26)19-10-7-11-22(15-19)29-3/h4-11,15,20-21,24,26H,12-14,16-17H2,1-3H3. The summed E-state index contributed by atoms with van der Waals surface area (Å²) in [5.74, 6) is 0.552. The summed E-state index contributed by atoms with van der Waals surface area (Å²) in [5, 5.41) is 11.7. The van der Waals surface area contributed by atoms with Gasteiger partial charge in [-0.2, -0.15) is 0 Å². The fourth-order valence-corrected chi connectivity index (χ4v) is 5.83. The minimum absolute atomic E-state index is 0.0389. The van der Waals surface area contributed by atoms with Crippen LogP contribution in [-0.4, -0.2) is 52.2 Å². The maximum atomic E-state index is 12.7. The second-order valence-corrected chi connectivity index (χ2v) is 10.2. The third kappa shape index (κ3) is 5.60. The van der Waals surface area contributed by atoms with E-state index in [0.717, 1.165) is 11.1 Å². The van der Waals surface area contributed by atoms with Gasteiger partial charge in [-0.15, -0.1) is 0 Å². The van der Waals surface area contributed by atoms with Crippen LogP contribution in [0.3, 0.4) is 0 Å². The van der Waals surface area contributed by atoms with Crippen LogP contribution in [0.1, 0.15) is 30.4 Å². The van der Waals surface area contributed by atoms with Crippen molar-refractivity contribution in [3.63, 3.8) is 0 Å². The molecule has 7 heteroatoms. The number of ether oxygens (including phenoxy) is 1. The largest absolute Gasteiger partial charge is 0.497 e. The molecule has 2 N–H and O–H groups in total. The minimum Gasteiger partial charge on any atom is -0.497 e. The number of aliphatic hydroxyl groups is 1. The van der Waals surface area contributed by atoms with Gasteiger partial charge in [0.25, 0.3) is 0 Å². The summed E-state index contributed by atoms with van der Waals surface area (Å²) in [4.78, 5) is 2.04. The Balaban J connectivity index is 1.77. The number of sulfonamides is 1. The van der Waals surface area contributed by atoms with Gasteiger partial charge in [0.1, 0.15) is 5.75 Å². The molecule has 0 amide bonds. The van der Waals surface area contributed by atoms with Crippen LogP contribution >= 0.6 is 0 Å².